The third kappa shape index (κ3) is 2.65. The molecule has 0 aliphatic rings. The van der Waals surface area contributed by atoms with Crippen LogP contribution >= 0.6 is 11.6 Å². The Balaban J connectivity index is 3.85. The standard InChI is InChI=1S/C5H10ClNO2/c1-5(2,3-4-6)7(8)9/h3-4H2,1-2H3. The van der Waals surface area contributed by atoms with Crippen LogP contribution in [-0.4, -0.2) is 16.3 Å². The lowest BCUT2D eigenvalue weighted by molar-refractivity contribution is -0.560. The van der Waals surface area contributed by atoms with Gasteiger partial charge < -0.3 is 0 Å². The van der Waals surface area contributed by atoms with Gasteiger partial charge in [0.25, 0.3) is 0 Å². The molecule has 0 unspecified atom stereocenters. The summed E-state index contributed by atoms with van der Waals surface area (Å²) < 4.78 is 0. The van der Waals surface area contributed by atoms with Crippen LogP contribution in [0.25, 0.3) is 0 Å². The maximum absolute atomic E-state index is 10.2. The van der Waals surface area contributed by atoms with Gasteiger partial charge in [-0.2, -0.15) is 0 Å². The zero-order valence-corrected chi connectivity index (χ0v) is 6.31. The fraction of sp³-hybridized carbons (Fsp3) is 1.00. The van der Waals surface area contributed by atoms with Crippen molar-refractivity contribution in [1.29, 1.82) is 0 Å². The predicted molar refractivity (Wildman–Crippen MR) is 36.4 cm³/mol. The van der Waals surface area contributed by atoms with Gasteiger partial charge in [0.05, 0.1) is 0 Å². The van der Waals surface area contributed by atoms with Crippen LogP contribution in [0.1, 0.15) is 20.3 Å². The van der Waals surface area contributed by atoms with Crippen molar-refractivity contribution in [2.75, 3.05) is 5.88 Å². The highest BCUT2D eigenvalue weighted by Gasteiger charge is 2.29. The first kappa shape index (κ1) is 8.69. The Morgan fingerprint density at radius 3 is 2.22 bits per heavy atom. The van der Waals surface area contributed by atoms with Gasteiger partial charge in [-0.1, -0.05) is 0 Å². The van der Waals surface area contributed by atoms with Crippen molar-refractivity contribution in [3.05, 3.63) is 10.1 Å². The molecule has 0 amide bonds. The minimum Gasteiger partial charge on any atom is -0.264 e. The van der Waals surface area contributed by atoms with Gasteiger partial charge >= 0.3 is 0 Å². The molecule has 0 heterocycles. The van der Waals surface area contributed by atoms with Crippen LogP contribution in [0.2, 0.25) is 0 Å². The molecule has 3 nitrogen and oxygen atoms in total. The molecule has 0 aromatic heterocycles. The number of hydrogen-bond donors (Lipinski definition) is 0. The Morgan fingerprint density at radius 1 is 1.67 bits per heavy atom. The molecule has 0 atom stereocenters. The molecule has 0 aliphatic carbocycles. The molecule has 0 N–H and O–H groups in total. The van der Waals surface area contributed by atoms with Crippen LogP contribution in [0.5, 0.6) is 0 Å². The van der Waals surface area contributed by atoms with E-state index in [1.165, 1.54) is 0 Å². The maximum Gasteiger partial charge on any atom is 0.217 e. The number of nitrogens with zero attached hydrogens (tertiary/aromatic N) is 1. The van der Waals surface area contributed by atoms with Crippen molar-refractivity contribution >= 4 is 11.6 Å². The van der Waals surface area contributed by atoms with Gasteiger partial charge in [-0.3, -0.25) is 10.1 Å². The first-order valence-electron chi connectivity index (χ1n) is 2.71. The zero-order chi connectivity index (χ0) is 7.49. The van der Waals surface area contributed by atoms with Crippen LogP contribution < -0.4 is 0 Å². The number of halogens is 1. The fourth-order valence-corrected chi connectivity index (χ4v) is 0.785. The van der Waals surface area contributed by atoms with Crippen LogP contribution in [0.3, 0.4) is 0 Å². The maximum atomic E-state index is 10.2. The van der Waals surface area contributed by atoms with Crippen LogP contribution in [0.15, 0.2) is 0 Å². The number of alkyl halides is 1. The Labute approximate surface area is 59.2 Å². The first-order valence-corrected chi connectivity index (χ1v) is 3.24. The number of nitro groups is 1. The summed E-state index contributed by atoms with van der Waals surface area (Å²) in [6.45, 7) is 3.13. The van der Waals surface area contributed by atoms with Crippen LogP contribution in [-0.2, 0) is 0 Å². The summed E-state index contributed by atoms with van der Waals surface area (Å²) in [5.41, 5.74) is -0.859. The normalized spacial score (nSPS) is 11.4. The van der Waals surface area contributed by atoms with Crippen molar-refractivity contribution in [3.63, 3.8) is 0 Å². The second kappa shape index (κ2) is 3.01. The van der Waals surface area contributed by atoms with Gasteiger partial charge in [-0.15, -0.1) is 11.6 Å². The van der Waals surface area contributed by atoms with E-state index in [0.717, 1.165) is 0 Å². The smallest absolute Gasteiger partial charge is 0.217 e. The summed E-state index contributed by atoms with van der Waals surface area (Å²) in [6.07, 6.45) is 0.418. The third-order valence-electron chi connectivity index (χ3n) is 1.20. The van der Waals surface area contributed by atoms with E-state index in [1.54, 1.807) is 13.8 Å². The molecule has 0 rings (SSSR count). The summed E-state index contributed by atoms with van der Waals surface area (Å²) in [4.78, 5) is 9.85. The van der Waals surface area contributed by atoms with Crippen molar-refractivity contribution < 1.29 is 4.92 Å². The van der Waals surface area contributed by atoms with E-state index in [-0.39, 0.29) is 4.92 Å². The molecule has 54 valence electrons. The molecule has 4 heteroatoms. The Morgan fingerprint density at radius 2 is 2.11 bits per heavy atom. The van der Waals surface area contributed by atoms with E-state index >= 15 is 0 Å². The molecule has 0 saturated heterocycles. The van der Waals surface area contributed by atoms with E-state index < -0.39 is 5.54 Å². The van der Waals surface area contributed by atoms with Gasteiger partial charge in [0.2, 0.25) is 5.54 Å². The monoisotopic (exact) mass is 151 g/mol. The first-order chi connectivity index (χ1) is 4.00. The zero-order valence-electron chi connectivity index (χ0n) is 5.56. The summed E-state index contributed by atoms with van der Waals surface area (Å²) in [7, 11) is 0. The largest absolute Gasteiger partial charge is 0.264 e. The minimum absolute atomic E-state index is 0.310. The lowest BCUT2D eigenvalue weighted by Crippen LogP contribution is -2.30. The van der Waals surface area contributed by atoms with Crippen molar-refractivity contribution in [2.24, 2.45) is 0 Å². The van der Waals surface area contributed by atoms with Crippen LogP contribution in [0.4, 0.5) is 0 Å². The van der Waals surface area contributed by atoms with E-state index in [1.807, 2.05) is 0 Å². The van der Waals surface area contributed by atoms with Crippen molar-refractivity contribution in [1.82, 2.24) is 0 Å². The number of rotatable bonds is 3. The molecular formula is C5H10ClNO2. The molecule has 0 aliphatic heterocycles. The van der Waals surface area contributed by atoms with Crippen LogP contribution in [0, 0.1) is 10.1 Å². The number of hydrogen-bond acceptors (Lipinski definition) is 2. The topological polar surface area (TPSA) is 43.1 Å². The van der Waals surface area contributed by atoms with Crippen molar-refractivity contribution in [2.45, 2.75) is 25.8 Å². The highest BCUT2D eigenvalue weighted by molar-refractivity contribution is 6.17. The quantitative estimate of drug-likeness (QED) is 0.350. The Hall–Kier alpha value is -0.310. The summed E-state index contributed by atoms with van der Waals surface area (Å²) >= 11 is 5.33. The summed E-state index contributed by atoms with van der Waals surface area (Å²) in [5, 5.41) is 10.2. The predicted octanol–water partition coefficient (Wildman–Crippen LogP) is 1.67. The van der Waals surface area contributed by atoms with Gasteiger partial charge in [-0.05, 0) is 0 Å². The summed E-state index contributed by atoms with van der Waals surface area (Å²) in [5.74, 6) is 0.341. The Bertz CT molecular complexity index is 114. The Kier molecular flexibility index (Phi) is 2.91. The lowest BCUT2D eigenvalue weighted by Gasteiger charge is -2.12. The second-order valence-electron chi connectivity index (χ2n) is 2.51. The van der Waals surface area contributed by atoms with E-state index in [0.29, 0.717) is 12.3 Å². The van der Waals surface area contributed by atoms with Gasteiger partial charge in [0, 0.05) is 31.1 Å². The SMILES string of the molecule is CC(C)(CCCl)[N+](=O)[O-]. The molecule has 9 heavy (non-hydrogen) atoms. The average Bonchev–Trinajstić information content (AvgIpc) is 1.65. The van der Waals surface area contributed by atoms with E-state index in [9.17, 15) is 10.1 Å². The lowest BCUT2D eigenvalue weighted by atomic mass is 10.0. The van der Waals surface area contributed by atoms with E-state index in [4.69, 9.17) is 11.6 Å². The molecule has 0 aromatic rings. The van der Waals surface area contributed by atoms with Gasteiger partial charge in [-0.25, -0.2) is 0 Å². The average molecular weight is 152 g/mol. The highest BCUT2D eigenvalue weighted by Crippen LogP contribution is 2.12. The molecule has 0 spiro atoms. The molecular weight excluding hydrogens is 142 g/mol. The summed E-state index contributed by atoms with van der Waals surface area (Å²) in [6, 6.07) is 0. The molecule has 0 bridgehead atoms. The minimum atomic E-state index is -0.859. The van der Waals surface area contributed by atoms with Gasteiger partial charge in [0.1, 0.15) is 0 Å². The molecule has 0 radical (unpaired) electrons. The highest BCUT2D eigenvalue weighted by atomic mass is 35.5. The molecule has 0 fully saturated rings. The van der Waals surface area contributed by atoms with Gasteiger partial charge in [0.15, 0.2) is 0 Å². The second-order valence-corrected chi connectivity index (χ2v) is 2.89. The fourth-order valence-electron chi connectivity index (χ4n) is 0.323. The van der Waals surface area contributed by atoms with Crippen molar-refractivity contribution in [3.8, 4) is 0 Å². The van der Waals surface area contributed by atoms with E-state index in [2.05, 4.69) is 0 Å². The molecule has 0 saturated carbocycles. The third-order valence-corrected chi connectivity index (χ3v) is 1.39. The molecule has 0 aromatic carbocycles.